The smallest absolute Gasteiger partial charge is 0.223 e. The lowest BCUT2D eigenvalue weighted by molar-refractivity contribution is -0.124. The molecule has 4 unspecified atom stereocenters. The summed E-state index contributed by atoms with van der Waals surface area (Å²) in [4.78, 5) is 52.0. The number of carbonyl (C=O) groups excluding carboxylic acids is 2. The summed E-state index contributed by atoms with van der Waals surface area (Å²) in [5.74, 6) is 3.73. The van der Waals surface area contributed by atoms with E-state index in [2.05, 4.69) is 17.6 Å². The molecule has 0 aliphatic heterocycles. The fraction of sp³-hybridized carbons (Fsp3) is 0.440. The minimum atomic E-state index is -3.76. The van der Waals surface area contributed by atoms with Gasteiger partial charge in [-0.3, -0.25) is 19.2 Å². The number of hydrogen-bond acceptors (Lipinski definition) is 13. The first-order chi connectivity index (χ1) is 31.5. The summed E-state index contributed by atoms with van der Waals surface area (Å²) < 4.78 is 58.4. The number of rotatable bonds is 12. The van der Waals surface area contributed by atoms with Gasteiger partial charge >= 0.3 is 0 Å². The van der Waals surface area contributed by atoms with Crippen molar-refractivity contribution in [3.05, 3.63) is 91.2 Å². The molecule has 0 aromatic heterocycles. The van der Waals surface area contributed by atoms with Crippen LogP contribution in [0.3, 0.4) is 0 Å². The number of benzene rings is 2. The molecule has 0 saturated heterocycles. The van der Waals surface area contributed by atoms with Crippen molar-refractivity contribution in [2.75, 3.05) is 55.2 Å². The number of ether oxygens (including phenoxy) is 6. The molecule has 352 valence electrons. The second kappa shape index (κ2) is 19.6. The van der Waals surface area contributed by atoms with Crippen LogP contribution in [0.15, 0.2) is 67.9 Å². The van der Waals surface area contributed by atoms with Crippen LogP contribution in [-0.4, -0.2) is 75.4 Å². The number of aryl methyl sites for hydroxylation is 2. The number of nitrogens with one attached hydrogen (secondary N) is 2. The highest BCUT2D eigenvalue weighted by Gasteiger charge is 2.42. The Bertz CT molecular complexity index is 2820. The number of carbonyl (C=O) groups is 2. The Morgan fingerprint density at radius 3 is 1.38 bits per heavy atom. The van der Waals surface area contributed by atoms with Crippen molar-refractivity contribution in [3.8, 4) is 56.8 Å². The van der Waals surface area contributed by atoms with Gasteiger partial charge in [0.15, 0.2) is 43.7 Å². The van der Waals surface area contributed by atoms with Crippen molar-refractivity contribution in [3.63, 3.8) is 0 Å². The van der Waals surface area contributed by atoms with E-state index < -0.39 is 21.3 Å². The topological polar surface area (TPSA) is 182 Å². The van der Waals surface area contributed by atoms with Crippen molar-refractivity contribution in [1.82, 2.24) is 10.6 Å². The Balaban J connectivity index is 0.000000197. The SMILES string of the molecule is COc1cc2c(c(OC)c1OC)-c1ccc(S(C)(=O)=O)c(=O)cc1[C@@H](NC(=O)C1CC1C)CC2.COc1cc2c(c(OC)c1OC)-c1ccc(SC)c(=O)cc1[C@@H](NC(=O)C1CC1C)CC2. The third-order valence-electron chi connectivity index (χ3n) is 13.1. The van der Waals surface area contributed by atoms with Crippen LogP contribution in [-0.2, 0) is 32.3 Å². The van der Waals surface area contributed by atoms with Gasteiger partial charge in [0.1, 0.15) is 4.90 Å². The molecule has 4 aromatic carbocycles. The highest BCUT2D eigenvalue weighted by Crippen LogP contribution is 2.52. The molecule has 66 heavy (non-hydrogen) atoms. The van der Waals surface area contributed by atoms with Crippen LogP contribution in [0.25, 0.3) is 22.3 Å². The van der Waals surface area contributed by atoms with Crippen LogP contribution >= 0.6 is 11.8 Å². The highest BCUT2D eigenvalue weighted by atomic mass is 32.2. The molecule has 0 heterocycles. The van der Waals surface area contributed by atoms with E-state index in [0.29, 0.717) is 93.6 Å². The molecule has 0 spiro atoms. The summed E-state index contributed by atoms with van der Waals surface area (Å²) >= 11 is 1.41. The molecule has 8 rings (SSSR count). The molecule has 4 aromatic rings. The molecular formula is C50H58N2O12S2. The summed E-state index contributed by atoms with van der Waals surface area (Å²) in [6.07, 6.45) is 7.10. The normalized spacial score (nSPS) is 20.9. The standard InChI is InChI=1S/C25H29NO7S.C25H29NO5S/c1-13-10-16(13)25(28)26-18-8-6-14-11-20(31-2)23(32-3)24(33-4)22(14)15-7-9-21(34(5,29)30)19(27)12-17(15)18;1-13-10-16(13)25(28)26-18-8-6-14-11-20(29-2)23(30-3)24(31-4)22(14)15-7-9-21(32-5)19(27)12-17(15)18/h7,9,11-13,16,18H,6,8,10H2,1-5H3,(H,26,28);7,9,11-13,16,18H,6,8,10H2,1-5H3,(H,26,28)/t2*13?,16?,18-/m00/s1. The van der Waals surface area contributed by atoms with E-state index in [1.807, 2.05) is 37.4 Å². The van der Waals surface area contributed by atoms with E-state index in [9.17, 15) is 27.6 Å². The minimum absolute atomic E-state index is 0.0421. The first-order valence-electron chi connectivity index (χ1n) is 21.9. The summed E-state index contributed by atoms with van der Waals surface area (Å²) in [5.41, 5.74) is 5.61. The van der Waals surface area contributed by atoms with Gasteiger partial charge in [-0.15, -0.1) is 11.8 Å². The summed E-state index contributed by atoms with van der Waals surface area (Å²) in [6.45, 7) is 4.11. The lowest BCUT2D eigenvalue weighted by Gasteiger charge is -2.20. The lowest BCUT2D eigenvalue weighted by atomic mass is 9.95. The van der Waals surface area contributed by atoms with E-state index in [1.54, 1.807) is 33.5 Å². The molecule has 6 atom stereocenters. The molecule has 0 bridgehead atoms. The molecule has 4 aliphatic carbocycles. The fourth-order valence-electron chi connectivity index (χ4n) is 9.30. The fourth-order valence-corrected chi connectivity index (χ4v) is 10.5. The molecule has 4 aliphatic rings. The predicted molar refractivity (Wildman–Crippen MR) is 253 cm³/mol. The Labute approximate surface area is 390 Å². The van der Waals surface area contributed by atoms with Crippen LogP contribution in [0.4, 0.5) is 0 Å². The number of amides is 2. The monoisotopic (exact) mass is 942 g/mol. The van der Waals surface area contributed by atoms with Gasteiger partial charge in [-0.1, -0.05) is 26.0 Å². The zero-order valence-electron chi connectivity index (χ0n) is 39.0. The molecule has 2 N–H and O–H groups in total. The molecule has 0 radical (unpaired) electrons. The van der Waals surface area contributed by atoms with Crippen LogP contribution in [0, 0.1) is 23.7 Å². The largest absolute Gasteiger partial charge is 0.493 e. The predicted octanol–water partition coefficient (Wildman–Crippen LogP) is 7.12. The first-order valence-corrected chi connectivity index (χ1v) is 25.0. The maximum atomic E-state index is 13.0. The third-order valence-corrected chi connectivity index (χ3v) is 15.1. The zero-order chi connectivity index (χ0) is 47.8. The number of thioether (sulfide) groups is 1. The van der Waals surface area contributed by atoms with Gasteiger partial charge in [0.25, 0.3) is 0 Å². The van der Waals surface area contributed by atoms with Gasteiger partial charge < -0.3 is 39.1 Å². The highest BCUT2D eigenvalue weighted by molar-refractivity contribution is 7.98. The maximum absolute atomic E-state index is 13.0. The van der Waals surface area contributed by atoms with Gasteiger partial charge in [0, 0.05) is 29.2 Å². The van der Waals surface area contributed by atoms with Crippen LogP contribution in [0.1, 0.15) is 73.9 Å². The maximum Gasteiger partial charge on any atom is 0.223 e. The summed E-state index contributed by atoms with van der Waals surface area (Å²) in [7, 11) is 5.58. The number of sulfone groups is 1. The third kappa shape index (κ3) is 9.44. The van der Waals surface area contributed by atoms with Crippen molar-refractivity contribution in [2.45, 2.75) is 74.2 Å². The molecular weight excluding hydrogens is 885 g/mol. The molecule has 2 saturated carbocycles. The average Bonchev–Trinajstić information content (AvgIpc) is 4.23. The van der Waals surface area contributed by atoms with Crippen molar-refractivity contribution < 1.29 is 46.4 Å². The summed E-state index contributed by atoms with van der Waals surface area (Å²) in [5, 5.41) is 6.33. The molecule has 2 fully saturated rings. The van der Waals surface area contributed by atoms with Gasteiger partial charge in [-0.25, -0.2) is 8.42 Å². The number of methoxy groups -OCH3 is 6. The van der Waals surface area contributed by atoms with E-state index >= 15 is 0 Å². The quantitative estimate of drug-likeness (QED) is 0.137. The zero-order valence-corrected chi connectivity index (χ0v) is 40.7. The average molecular weight is 943 g/mol. The Kier molecular flexibility index (Phi) is 14.3. The second-order valence-electron chi connectivity index (χ2n) is 17.3. The van der Waals surface area contributed by atoms with E-state index in [0.717, 1.165) is 46.9 Å². The van der Waals surface area contributed by atoms with Crippen molar-refractivity contribution >= 4 is 33.4 Å². The van der Waals surface area contributed by atoms with Crippen LogP contribution in [0.5, 0.6) is 34.5 Å². The second-order valence-corrected chi connectivity index (χ2v) is 20.2. The van der Waals surface area contributed by atoms with Crippen molar-refractivity contribution in [2.24, 2.45) is 23.7 Å². The molecule has 2 amide bonds. The molecule has 14 nitrogen and oxygen atoms in total. The molecule has 16 heteroatoms. The van der Waals surface area contributed by atoms with Crippen LogP contribution < -0.4 is 49.9 Å². The first kappa shape index (κ1) is 48.2. The lowest BCUT2D eigenvalue weighted by Crippen LogP contribution is -2.30. The van der Waals surface area contributed by atoms with Gasteiger partial charge in [0.2, 0.25) is 23.3 Å². The van der Waals surface area contributed by atoms with Gasteiger partial charge in [-0.2, -0.15) is 0 Å². The number of fused-ring (bicyclic) bond motifs is 6. The Morgan fingerprint density at radius 2 is 1.02 bits per heavy atom. The minimum Gasteiger partial charge on any atom is -0.493 e. The summed E-state index contributed by atoms with van der Waals surface area (Å²) in [6, 6.07) is 12.8. The van der Waals surface area contributed by atoms with Gasteiger partial charge in [-0.05, 0) is 126 Å². The number of hydrogen-bond donors (Lipinski definition) is 2. The van der Waals surface area contributed by atoms with Crippen molar-refractivity contribution in [1.29, 1.82) is 0 Å². The van der Waals surface area contributed by atoms with E-state index in [1.165, 1.54) is 45.2 Å². The Morgan fingerprint density at radius 1 is 0.606 bits per heavy atom. The van der Waals surface area contributed by atoms with E-state index in [-0.39, 0.29) is 40.0 Å². The Hall–Kier alpha value is -5.74. The van der Waals surface area contributed by atoms with Crippen LogP contribution in [0.2, 0.25) is 0 Å². The van der Waals surface area contributed by atoms with Gasteiger partial charge in [0.05, 0.1) is 59.6 Å². The van der Waals surface area contributed by atoms with E-state index in [4.69, 9.17) is 28.4 Å².